The van der Waals surface area contributed by atoms with Crippen LogP contribution in [-0.4, -0.2) is 47.1 Å². The van der Waals surface area contributed by atoms with Gasteiger partial charge in [-0.05, 0) is 41.7 Å². The molecule has 1 aliphatic carbocycles. The van der Waals surface area contributed by atoms with Crippen molar-refractivity contribution in [3.8, 4) is 11.1 Å². The molecule has 0 bridgehead atoms. The number of carbonyl (C=O) groups is 2. The summed E-state index contributed by atoms with van der Waals surface area (Å²) in [6.07, 6.45) is 1.86. The van der Waals surface area contributed by atoms with E-state index >= 15 is 0 Å². The minimum atomic E-state index is -0.310. The Hall–Kier alpha value is -2.73. The van der Waals surface area contributed by atoms with Crippen LogP contribution in [-0.2, 0) is 9.59 Å². The molecular weight excluding hydrogens is 371 g/mol. The van der Waals surface area contributed by atoms with Gasteiger partial charge in [0.15, 0.2) is 0 Å². The molecule has 2 aromatic carbocycles. The van der Waals surface area contributed by atoms with Crippen LogP contribution in [0.15, 0.2) is 48.5 Å². The molecular formula is C23H25FN2O3. The number of likely N-dealkylation sites (tertiary alicyclic amines) is 1. The summed E-state index contributed by atoms with van der Waals surface area (Å²) in [6, 6.07) is 13.7. The third-order valence-corrected chi connectivity index (χ3v) is 5.98. The molecule has 2 N–H and O–H groups in total. The lowest BCUT2D eigenvalue weighted by atomic mass is 9.74. The van der Waals surface area contributed by atoms with Gasteiger partial charge in [-0.15, -0.1) is 0 Å². The summed E-state index contributed by atoms with van der Waals surface area (Å²) in [5.74, 6) is -0.304. The summed E-state index contributed by atoms with van der Waals surface area (Å²) >= 11 is 0. The standard InChI is InChI=1S/C23H25FN2O3/c1-14(28)26-20(12-25-23(29)17-9-10-17)22(21(26)13-27)16-7-5-15(6-8-16)18-3-2-4-19(24)11-18/h2-8,11,17,20-22,27H,9-10,12-13H2,1H3,(H,25,29)/t20-,21+,22+/m1/s1. The van der Waals surface area contributed by atoms with Gasteiger partial charge in [0.2, 0.25) is 11.8 Å². The topological polar surface area (TPSA) is 69.6 Å². The summed E-state index contributed by atoms with van der Waals surface area (Å²) in [5, 5.41) is 12.8. The van der Waals surface area contributed by atoms with E-state index in [1.54, 1.807) is 11.0 Å². The SMILES string of the molecule is CC(=O)N1[C@H](CNC(=O)C2CC2)[C@H](c2ccc(-c3cccc(F)c3)cc2)[C@@H]1CO. The lowest BCUT2D eigenvalue weighted by Gasteiger charge is -2.54. The van der Waals surface area contributed by atoms with E-state index in [0.29, 0.717) is 6.54 Å². The van der Waals surface area contributed by atoms with Crippen molar-refractivity contribution in [2.45, 2.75) is 37.8 Å². The van der Waals surface area contributed by atoms with Gasteiger partial charge in [-0.2, -0.15) is 0 Å². The van der Waals surface area contributed by atoms with Crippen LogP contribution >= 0.6 is 0 Å². The fourth-order valence-corrected chi connectivity index (χ4v) is 4.35. The Morgan fingerprint density at radius 2 is 1.83 bits per heavy atom. The van der Waals surface area contributed by atoms with Gasteiger partial charge in [0.1, 0.15) is 5.82 Å². The third kappa shape index (κ3) is 3.90. The number of hydrogen-bond acceptors (Lipinski definition) is 3. The molecule has 1 aliphatic heterocycles. The van der Waals surface area contributed by atoms with E-state index in [1.807, 2.05) is 30.3 Å². The van der Waals surface area contributed by atoms with Crippen molar-refractivity contribution >= 4 is 11.8 Å². The zero-order valence-corrected chi connectivity index (χ0v) is 16.3. The van der Waals surface area contributed by atoms with Crippen molar-refractivity contribution < 1.29 is 19.1 Å². The van der Waals surface area contributed by atoms with E-state index in [9.17, 15) is 19.1 Å². The van der Waals surface area contributed by atoms with E-state index in [0.717, 1.165) is 29.5 Å². The van der Waals surface area contributed by atoms with Crippen LogP contribution in [0.25, 0.3) is 11.1 Å². The lowest BCUT2D eigenvalue weighted by Crippen LogP contribution is -2.68. The Kier molecular flexibility index (Phi) is 5.37. The highest BCUT2D eigenvalue weighted by molar-refractivity contribution is 5.81. The fraction of sp³-hybridized carbons (Fsp3) is 0.391. The number of hydrogen-bond donors (Lipinski definition) is 2. The quantitative estimate of drug-likeness (QED) is 0.789. The minimum Gasteiger partial charge on any atom is -0.394 e. The zero-order chi connectivity index (χ0) is 20.5. The first-order valence-corrected chi connectivity index (χ1v) is 10.0. The van der Waals surface area contributed by atoms with Crippen LogP contribution < -0.4 is 5.32 Å². The van der Waals surface area contributed by atoms with E-state index < -0.39 is 0 Å². The predicted molar refractivity (Wildman–Crippen MR) is 107 cm³/mol. The zero-order valence-electron chi connectivity index (χ0n) is 16.3. The molecule has 29 heavy (non-hydrogen) atoms. The van der Waals surface area contributed by atoms with Crippen LogP contribution in [0.4, 0.5) is 4.39 Å². The Morgan fingerprint density at radius 3 is 2.41 bits per heavy atom. The smallest absolute Gasteiger partial charge is 0.223 e. The van der Waals surface area contributed by atoms with Gasteiger partial charge in [0.25, 0.3) is 0 Å². The molecule has 5 nitrogen and oxygen atoms in total. The summed E-state index contributed by atoms with van der Waals surface area (Å²) in [6.45, 7) is 1.73. The maximum absolute atomic E-state index is 13.5. The molecule has 4 rings (SSSR count). The largest absolute Gasteiger partial charge is 0.394 e. The number of nitrogens with zero attached hydrogens (tertiary/aromatic N) is 1. The van der Waals surface area contributed by atoms with Crippen LogP contribution in [0.2, 0.25) is 0 Å². The average Bonchev–Trinajstić information content (AvgIpc) is 3.53. The maximum Gasteiger partial charge on any atom is 0.223 e. The number of nitrogens with one attached hydrogen (secondary N) is 1. The number of carbonyl (C=O) groups excluding carboxylic acids is 2. The average molecular weight is 396 g/mol. The second-order valence-corrected chi connectivity index (χ2v) is 7.92. The molecule has 2 fully saturated rings. The molecule has 1 saturated heterocycles. The van der Waals surface area contributed by atoms with Gasteiger partial charge in [-0.25, -0.2) is 4.39 Å². The number of amides is 2. The molecule has 1 saturated carbocycles. The highest BCUT2D eigenvalue weighted by atomic mass is 19.1. The van der Waals surface area contributed by atoms with Crippen LogP contribution in [0.1, 0.15) is 31.2 Å². The Morgan fingerprint density at radius 1 is 1.10 bits per heavy atom. The van der Waals surface area contributed by atoms with Crippen molar-refractivity contribution in [3.05, 3.63) is 59.9 Å². The summed E-state index contributed by atoms with van der Waals surface area (Å²) < 4.78 is 13.5. The van der Waals surface area contributed by atoms with Gasteiger partial charge in [0, 0.05) is 25.3 Å². The third-order valence-electron chi connectivity index (χ3n) is 5.98. The molecule has 6 heteroatoms. The van der Waals surface area contributed by atoms with Gasteiger partial charge in [0.05, 0.1) is 18.7 Å². The first-order chi connectivity index (χ1) is 14.0. The van der Waals surface area contributed by atoms with E-state index in [2.05, 4.69) is 5.32 Å². The normalized spacial score (nSPS) is 23.4. The molecule has 2 aliphatic rings. The van der Waals surface area contributed by atoms with E-state index in [-0.39, 0.29) is 48.2 Å². The monoisotopic (exact) mass is 396 g/mol. The lowest BCUT2D eigenvalue weighted by molar-refractivity contribution is -0.148. The first kappa shape index (κ1) is 19.6. The van der Waals surface area contributed by atoms with Gasteiger partial charge >= 0.3 is 0 Å². The van der Waals surface area contributed by atoms with E-state index in [4.69, 9.17) is 0 Å². The van der Waals surface area contributed by atoms with Crippen LogP contribution in [0.3, 0.4) is 0 Å². The van der Waals surface area contributed by atoms with Crippen molar-refractivity contribution in [1.29, 1.82) is 0 Å². The van der Waals surface area contributed by atoms with Gasteiger partial charge < -0.3 is 15.3 Å². The minimum absolute atomic E-state index is 0.0427. The summed E-state index contributed by atoms with van der Waals surface area (Å²) in [5.41, 5.74) is 2.69. The molecule has 2 aromatic rings. The van der Waals surface area contributed by atoms with Crippen LogP contribution in [0.5, 0.6) is 0 Å². The highest BCUT2D eigenvalue weighted by Gasteiger charge is 2.50. The molecule has 0 spiro atoms. The van der Waals surface area contributed by atoms with E-state index in [1.165, 1.54) is 19.1 Å². The molecule has 0 unspecified atom stereocenters. The van der Waals surface area contributed by atoms with Gasteiger partial charge in [-0.3, -0.25) is 9.59 Å². The van der Waals surface area contributed by atoms with Crippen molar-refractivity contribution in [2.24, 2.45) is 5.92 Å². The molecule has 152 valence electrons. The number of aliphatic hydroxyl groups is 1. The number of aliphatic hydroxyl groups excluding tert-OH is 1. The highest BCUT2D eigenvalue weighted by Crippen LogP contribution is 2.41. The Labute approximate surface area is 169 Å². The Balaban J connectivity index is 1.54. The Bertz CT molecular complexity index is 911. The predicted octanol–water partition coefficient (Wildman–Crippen LogP) is 2.69. The van der Waals surface area contributed by atoms with Gasteiger partial charge in [-0.1, -0.05) is 36.4 Å². The fourth-order valence-electron chi connectivity index (χ4n) is 4.35. The number of halogens is 1. The maximum atomic E-state index is 13.5. The molecule has 0 radical (unpaired) electrons. The van der Waals surface area contributed by atoms with Crippen molar-refractivity contribution in [2.75, 3.05) is 13.2 Å². The van der Waals surface area contributed by atoms with Crippen molar-refractivity contribution in [3.63, 3.8) is 0 Å². The second-order valence-electron chi connectivity index (χ2n) is 7.92. The molecule has 0 aromatic heterocycles. The second kappa shape index (κ2) is 7.95. The summed E-state index contributed by atoms with van der Waals surface area (Å²) in [4.78, 5) is 25.8. The first-order valence-electron chi connectivity index (χ1n) is 10.0. The van der Waals surface area contributed by atoms with Crippen molar-refractivity contribution in [1.82, 2.24) is 10.2 Å². The summed E-state index contributed by atoms with van der Waals surface area (Å²) in [7, 11) is 0. The number of rotatable bonds is 6. The molecule has 2 amide bonds. The number of benzene rings is 2. The molecule has 3 atom stereocenters. The molecule has 1 heterocycles. The van der Waals surface area contributed by atoms with Crippen LogP contribution in [0, 0.1) is 11.7 Å².